The van der Waals surface area contributed by atoms with Crippen molar-refractivity contribution in [2.24, 2.45) is 0 Å². The molecule has 0 saturated carbocycles. The van der Waals surface area contributed by atoms with Crippen molar-refractivity contribution in [3.63, 3.8) is 0 Å². The maximum Gasteiger partial charge on any atom is 0.433 e. The number of hydrogen-bond acceptors (Lipinski definition) is 7. The normalized spacial score (nSPS) is 10.6. The number of hydrogen-bond donors (Lipinski definition) is 1. The van der Waals surface area contributed by atoms with Crippen LogP contribution in [0.25, 0.3) is 23.0 Å². The Hall–Kier alpha value is -3.16. The molecule has 8 heteroatoms. The molecule has 0 aliphatic rings. The molecule has 0 aliphatic carbocycles. The van der Waals surface area contributed by atoms with E-state index in [1.165, 1.54) is 24.3 Å². The van der Waals surface area contributed by atoms with Crippen molar-refractivity contribution in [1.29, 1.82) is 0 Å². The molecule has 1 aromatic carbocycles. The summed E-state index contributed by atoms with van der Waals surface area (Å²) >= 11 is 0. The lowest BCUT2D eigenvalue weighted by Gasteiger charge is -1.94. The average Bonchev–Trinajstić information content (AvgIpc) is 3.08. The van der Waals surface area contributed by atoms with Crippen LogP contribution in [0, 0.1) is 10.1 Å². The van der Waals surface area contributed by atoms with Crippen LogP contribution in [0.1, 0.15) is 0 Å². The van der Waals surface area contributed by atoms with Gasteiger partial charge in [0.2, 0.25) is 5.82 Å². The number of benzene rings is 1. The fourth-order valence-electron chi connectivity index (χ4n) is 1.63. The Morgan fingerprint density at radius 3 is 2.80 bits per heavy atom. The quantitative estimate of drug-likeness (QED) is 0.575. The first-order valence-corrected chi connectivity index (χ1v) is 5.51. The summed E-state index contributed by atoms with van der Waals surface area (Å²) in [6.07, 6.45) is 0. The van der Waals surface area contributed by atoms with Gasteiger partial charge in [-0.2, -0.15) is 4.98 Å². The van der Waals surface area contributed by atoms with E-state index in [4.69, 9.17) is 8.94 Å². The molecule has 0 aliphatic heterocycles. The summed E-state index contributed by atoms with van der Waals surface area (Å²) in [5, 5.41) is 23.6. The lowest BCUT2D eigenvalue weighted by molar-refractivity contribution is -0.401. The Morgan fingerprint density at radius 1 is 1.25 bits per heavy atom. The van der Waals surface area contributed by atoms with Crippen LogP contribution in [0.2, 0.25) is 0 Å². The molecule has 3 aromatic rings. The molecule has 1 N–H and O–H groups in total. The zero-order chi connectivity index (χ0) is 14.1. The third-order valence-electron chi connectivity index (χ3n) is 2.51. The van der Waals surface area contributed by atoms with Gasteiger partial charge in [0, 0.05) is 5.56 Å². The van der Waals surface area contributed by atoms with Crippen LogP contribution >= 0.6 is 0 Å². The molecule has 0 fully saturated rings. The van der Waals surface area contributed by atoms with Crippen molar-refractivity contribution in [3.8, 4) is 28.8 Å². The molecule has 0 amide bonds. The molecule has 2 heterocycles. The highest BCUT2D eigenvalue weighted by Gasteiger charge is 2.18. The predicted octanol–water partition coefficient (Wildman–Crippen LogP) is 2.61. The summed E-state index contributed by atoms with van der Waals surface area (Å²) in [4.78, 5) is 13.9. The zero-order valence-electron chi connectivity index (χ0n) is 9.89. The summed E-state index contributed by atoms with van der Waals surface area (Å²) in [5.74, 6) is 0.0431. The van der Waals surface area contributed by atoms with Crippen molar-refractivity contribution in [2.45, 2.75) is 0 Å². The van der Waals surface area contributed by atoms with Crippen molar-refractivity contribution in [1.82, 2.24) is 10.1 Å². The first kappa shape index (κ1) is 11.9. The number of nitrogens with zero attached hydrogens (tertiary/aromatic N) is 3. The number of phenolic OH excluding ortho intramolecular Hbond substituents is 1. The minimum atomic E-state index is -0.657. The summed E-state index contributed by atoms with van der Waals surface area (Å²) in [6, 6.07) is 8.89. The smallest absolute Gasteiger partial charge is 0.433 e. The number of furan rings is 1. The standard InChI is InChI=1S/C12H7N3O5/c16-8-3-1-2-7(6-8)11-13-12(20-14-11)9-4-5-10(19-9)15(17)18/h1-6,16H. The van der Waals surface area contributed by atoms with Gasteiger partial charge in [-0.05, 0) is 18.2 Å². The number of aromatic hydroxyl groups is 1. The van der Waals surface area contributed by atoms with Gasteiger partial charge in [-0.1, -0.05) is 17.3 Å². The minimum Gasteiger partial charge on any atom is -0.508 e. The first-order valence-electron chi connectivity index (χ1n) is 5.51. The number of phenols is 1. The van der Waals surface area contributed by atoms with E-state index in [0.29, 0.717) is 5.56 Å². The van der Waals surface area contributed by atoms with Crippen molar-refractivity contribution < 1.29 is 19.0 Å². The fraction of sp³-hybridized carbons (Fsp3) is 0. The maximum atomic E-state index is 10.5. The third-order valence-corrected chi connectivity index (χ3v) is 2.51. The fourth-order valence-corrected chi connectivity index (χ4v) is 1.63. The second-order valence-corrected chi connectivity index (χ2v) is 3.87. The van der Waals surface area contributed by atoms with Gasteiger partial charge in [0.25, 0.3) is 5.89 Å². The van der Waals surface area contributed by atoms with Crippen LogP contribution in [0.4, 0.5) is 5.88 Å². The molecule has 20 heavy (non-hydrogen) atoms. The van der Waals surface area contributed by atoms with E-state index in [0.717, 1.165) is 0 Å². The van der Waals surface area contributed by atoms with E-state index in [1.54, 1.807) is 12.1 Å². The lowest BCUT2D eigenvalue weighted by atomic mass is 10.2. The monoisotopic (exact) mass is 273 g/mol. The van der Waals surface area contributed by atoms with E-state index in [9.17, 15) is 15.2 Å². The van der Waals surface area contributed by atoms with Crippen LogP contribution < -0.4 is 0 Å². The van der Waals surface area contributed by atoms with E-state index >= 15 is 0 Å². The molecule has 8 nitrogen and oxygen atoms in total. The number of rotatable bonds is 3. The Morgan fingerprint density at radius 2 is 2.10 bits per heavy atom. The molecule has 3 rings (SSSR count). The van der Waals surface area contributed by atoms with E-state index in [1.807, 2.05) is 0 Å². The topological polar surface area (TPSA) is 115 Å². The van der Waals surface area contributed by atoms with E-state index < -0.39 is 10.8 Å². The Bertz CT molecular complexity index is 777. The molecular formula is C12H7N3O5. The molecule has 0 bridgehead atoms. The highest BCUT2D eigenvalue weighted by molar-refractivity contribution is 5.59. The molecule has 2 aromatic heterocycles. The SMILES string of the molecule is O=[N+]([O-])c1ccc(-c2nc(-c3cccc(O)c3)no2)o1. The summed E-state index contributed by atoms with van der Waals surface area (Å²) in [7, 11) is 0. The van der Waals surface area contributed by atoms with E-state index in [-0.39, 0.29) is 23.2 Å². The predicted molar refractivity (Wildman–Crippen MR) is 65.8 cm³/mol. The summed E-state index contributed by atoms with van der Waals surface area (Å²) in [6.45, 7) is 0. The average molecular weight is 273 g/mol. The van der Waals surface area contributed by atoms with Crippen LogP contribution in [0.5, 0.6) is 5.75 Å². The van der Waals surface area contributed by atoms with Gasteiger partial charge >= 0.3 is 5.88 Å². The minimum absolute atomic E-state index is 0.0245. The van der Waals surface area contributed by atoms with Gasteiger partial charge in [-0.25, -0.2) is 0 Å². The first-order chi connectivity index (χ1) is 9.63. The van der Waals surface area contributed by atoms with Gasteiger partial charge in [0.1, 0.15) is 10.7 Å². The Balaban J connectivity index is 1.95. The number of nitro groups is 1. The second-order valence-electron chi connectivity index (χ2n) is 3.87. The molecule has 0 spiro atoms. The van der Waals surface area contributed by atoms with Crippen molar-refractivity contribution >= 4 is 5.88 Å². The highest BCUT2D eigenvalue weighted by atomic mass is 16.6. The molecule has 0 radical (unpaired) electrons. The van der Waals surface area contributed by atoms with Gasteiger partial charge in [0.15, 0.2) is 5.76 Å². The Labute approximate surface area is 111 Å². The lowest BCUT2D eigenvalue weighted by Crippen LogP contribution is -1.83. The summed E-state index contributed by atoms with van der Waals surface area (Å²) < 4.78 is 9.94. The Kier molecular flexibility index (Phi) is 2.68. The van der Waals surface area contributed by atoms with Crippen LogP contribution in [0.15, 0.2) is 45.3 Å². The second kappa shape index (κ2) is 4.50. The van der Waals surface area contributed by atoms with E-state index in [2.05, 4.69) is 10.1 Å². The third kappa shape index (κ3) is 2.09. The maximum absolute atomic E-state index is 10.5. The molecular weight excluding hydrogens is 266 g/mol. The van der Waals surface area contributed by atoms with Gasteiger partial charge in [0.05, 0.1) is 6.07 Å². The van der Waals surface area contributed by atoms with Gasteiger partial charge in [-0.15, -0.1) is 0 Å². The van der Waals surface area contributed by atoms with Gasteiger partial charge in [-0.3, -0.25) is 10.1 Å². The molecule has 0 saturated heterocycles. The molecule has 100 valence electrons. The van der Waals surface area contributed by atoms with Gasteiger partial charge < -0.3 is 14.0 Å². The van der Waals surface area contributed by atoms with Crippen LogP contribution in [-0.2, 0) is 0 Å². The summed E-state index contributed by atoms with van der Waals surface area (Å²) in [5.41, 5.74) is 0.557. The molecule has 0 unspecified atom stereocenters. The van der Waals surface area contributed by atoms with Crippen LogP contribution in [0.3, 0.4) is 0 Å². The zero-order valence-corrected chi connectivity index (χ0v) is 9.89. The number of aromatic nitrogens is 2. The largest absolute Gasteiger partial charge is 0.508 e. The van der Waals surface area contributed by atoms with Crippen molar-refractivity contribution in [2.75, 3.05) is 0 Å². The highest BCUT2D eigenvalue weighted by Crippen LogP contribution is 2.27. The van der Waals surface area contributed by atoms with Crippen LogP contribution in [-0.4, -0.2) is 20.2 Å². The van der Waals surface area contributed by atoms with Crippen molar-refractivity contribution in [3.05, 3.63) is 46.5 Å². The molecule has 0 atom stereocenters.